The molecular formula is C11H18N4O. The van der Waals surface area contributed by atoms with Crippen LogP contribution in [0.4, 0.5) is 11.6 Å². The minimum Gasteiger partial charge on any atom is -0.382 e. The SMILES string of the molecule is CC1(CNc2cncc(N)n2)CCOCC1. The van der Waals surface area contributed by atoms with Crippen LogP contribution in [-0.4, -0.2) is 29.7 Å². The fourth-order valence-electron chi connectivity index (χ4n) is 1.81. The first-order valence-electron chi connectivity index (χ1n) is 5.57. The van der Waals surface area contributed by atoms with Gasteiger partial charge in [0.2, 0.25) is 0 Å². The minimum atomic E-state index is 0.282. The third kappa shape index (κ3) is 2.82. The summed E-state index contributed by atoms with van der Waals surface area (Å²) in [5, 5.41) is 3.29. The molecule has 0 aliphatic carbocycles. The van der Waals surface area contributed by atoms with Crippen LogP contribution in [0.5, 0.6) is 0 Å². The van der Waals surface area contributed by atoms with E-state index in [1.165, 1.54) is 0 Å². The van der Waals surface area contributed by atoms with Crippen LogP contribution >= 0.6 is 0 Å². The average Bonchev–Trinajstić information content (AvgIpc) is 2.28. The first-order chi connectivity index (χ1) is 7.68. The van der Waals surface area contributed by atoms with Gasteiger partial charge in [-0.3, -0.25) is 4.98 Å². The zero-order valence-corrected chi connectivity index (χ0v) is 9.57. The Morgan fingerprint density at radius 1 is 1.44 bits per heavy atom. The van der Waals surface area contributed by atoms with Gasteiger partial charge in [0.15, 0.2) is 0 Å². The number of aromatic nitrogens is 2. The second-order valence-electron chi connectivity index (χ2n) is 4.61. The Kier molecular flexibility index (Phi) is 3.24. The van der Waals surface area contributed by atoms with E-state index in [1.54, 1.807) is 12.4 Å². The Hall–Kier alpha value is -1.36. The third-order valence-corrected chi connectivity index (χ3v) is 3.05. The monoisotopic (exact) mass is 222 g/mol. The highest BCUT2D eigenvalue weighted by Gasteiger charge is 2.27. The summed E-state index contributed by atoms with van der Waals surface area (Å²) in [5.74, 6) is 1.19. The number of nitrogens with zero attached hydrogens (tertiary/aromatic N) is 2. The number of hydrogen-bond donors (Lipinski definition) is 2. The summed E-state index contributed by atoms with van der Waals surface area (Å²) in [4.78, 5) is 8.16. The number of anilines is 2. The van der Waals surface area contributed by atoms with Gasteiger partial charge < -0.3 is 15.8 Å². The molecule has 0 bridgehead atoms. The Labute approximate surface area is 95.4 Å². The van der Waals surface area contributed by atoms with Crippen molar-refractivity contribution in [1.82, 2.24) is 9.97 Å². The molecule has 0 atom stereocenters. The second-order valence-corrected chi connectivity index (χ2v) is 4.61. The van der Waals surface area contributed by atoms with Gasteiger partial charge in [0.1, 0.15) is 11.6 Å². The van der Waals surface area contributed by atoms with Gasteiger partial charge in [-0.2, -0.15) is 0 Å². The molecule has 1 aliphatic heterocycles. The lowest BCUT2D eigenvalue weighted by Crippen LogP contribution is -2.33. The van der Waals surface area contributed by atoms with Gasteiger partial charge in [-0.05, 0) is 18.3 Å². The first-order valence-corrected chi connectivity index (χ1v) is 5.57. The molecule has 1 aromatic heterocycles. The molecule has 1 fully saturated rings. The topological polar surface area (TPSA) is 73.1 Å². The van der Waals surface area contributed by atoms with E-state index in [2.05, 4.69) is 22.2 Å². The maximum atomic E-state index is 5.57. The summed E-state index contributed by atoms with van der Waals surface area (Å²) in [7, 11) is 0. The summed E-state index contributed by atoms with van der Waals surface area (Å²) in [6.07, 6.45) is 5.39. The number of nitrogen functional groups attached to an aromatic ring is 1. The van der Waals surface area contributed by atoms with Gasteiger partial charge in [0.05, 0.1) is 12.4 Å². The molecular weight excluding hydrogens is 204 g/mol. The smallest absolute Gasteiger partial charge is 0.146 e. The van der Waals surface area contributed by atoms with Crippen molar-refractivity contribution < 1.29 is 4.74 Å². The molecule has 2 rings (SSSR count). The summed E-state index contributed by atoms with van der Waals surface area (Å²) >= 11 is 0. The van der Waals surface area contributed by atoms with Crippen molar-refractivity contribution in [2.45, 2.75) is 19.8 Å². The summed E-state index contributed by atoms with van der Waals surface area (Å²) < 4.78 is 5.36. The molecule has 16 heavy (non-hydrogen) atoms. The first kappa shape index (κ1) is 11.1. The summed E-state index contributed by atoms with van der Waals surface area (Å²) in [5.41, 5.74) is 5.85. The number of rotatable bonds is 3. The molecule has 0 unspecified atom stereocenters. The second kappa shape index (κ2) is 4.65. The van der Waals surface area contributed by atoms with Crippen LogP contribution in [0.1, 0.15) is 19.8 Å². The summed E-state index contributed by atoms with van der Waals surface area (Å²) in [6, 6.07) is 0. The molecule has 1 saturated heterocycles. The van der Waals surface area contributed by atoms with E-state index in [4.69, 9.17) is 10.5 Å². The maximum Gasteiger partial charge on any atom is 0.146 e. The third-order valence-electron chi connectivity index (χ3n) is 3.05. The highest BCUT2D eigenvalue weighted by molar-refractivity contribution is 5.38. The molecule has 88 valence electrons. The fourth-order valence-corrected chi connectivity index (χ4v) is 1.81. The number of hydrogen-bond acceptors (Lipinski definition) is 5. The molecule has 1 aliphatic rings. The predicted octanol–water partition coefficient (Wildman–Crippen LogP) is 1.29. The lowest BCUT2D eigenvalue weighted by molar-refractivity contribution is 0.0300. The van der Waals surface area contributed by atoms with Crippen molar-refractivity contribution >= 4 is 11.6 Å². The van der Waals surface area contributed by atoms with E-state index in [-0.39, 0.29) is 5.41 Å². The Balaban J connectivity index is 1.91. The van der Waals surface area contributed by atoms with Crippen molar-refractivity contribution in [1.29, 1.82) is 0 Å². The molecule has 3 N–H and O–H groups in total. The quantitative estimate of drug-likeness (QED) is 0.806. The van der Waals surface area contributed by atoms with Crippen molar-refractivity contribution in [3.8, 4) is 0 Å². The number of nitrogens with one attached hydrogen (secondary N) is 1. The van der Waals surface area contributed by atoms with Crippen LogP contribution in [0.2, 0.25) is 0 Å². The molecule has 0 aromatic carbocycles. The van der Waals surface area contributed by atoms with Crippen molar-refractivity contribution in [3.05, 3.63) is 12.4 Å². The van der Waals surface area contributed by atoms with E-state index in [0.717, 1.165) is 38.4 Å². The van der Waals surface area contributed by atoms with Crippen molar-refractivity contribution in [2.75, 3.05) is 30.8 Å². The molecule has 0 saturated carbocycles. The molecule has 1 aromatic rings. The van der Waals surface area contributed by atoms with Crippen LogP contribution in [-0.2, 0) is 4.74 Å². The van der Waals surface area contributed by atoms with E-state index < -0.39 is 0 Å². The van der Waals surface area contributed by atoms with Crippen LogP contribution in [0.15, 0.2) is 12.4 Å². The van der Waals surface area contributed by atoms with Gasteiger partial charge in [-0.25, -0.2) is 4.98 Å². The van der Waals surface area contributed by atoms with Crippen LogP contribution in [0.25, 0.3) is 0 Å². The van der Waals surface area contributed by atoms with Gasteiger partial charge in [-0.1, -0.05) is 6.92 Å². The lowest BCUT2D eigenvalue weighted by Gasteiger charge is -2.33. The van der Waals surface area contributed by atoms with Crippen LogP contribution in [0, 0.1) is 5.41 Å². The fraction of sp³-hybridized carbons (Fsp3) is 0.636. The van der Waals surface area contributed by atoms with Crippen LogP contribution in [0.3, 0.4) is 0 Å². The van der Waals surface area contributed by atoms with Crippen molar-refractivity contribution in [2.24, 2.45) is 5.41 Å². The highest BCUT2D eigenvalue weighted by atomic mass is 16.5. The number of ether oxygens (including phenoxy) is 1. The number of nitrogens with two attached hydrogens (primary N) is 1. The standard InChI is InChI=1S/C11H18N4O/c1-11(2-4-16-5-3-11)8-14-10-7-13-6-9(12)15-10/h6-7H,2-5,8H2,1H3,(H3,12,14,15). The van der Waals surface area contributed by atoms with Crippen molar-refractivity contribution in [3.63, 3.8) is 0 Å². The molecule has 2 heterocycles. The van der Waals surface area contributed by atoms with E-state index in [9.17, 15) is 0 Å². The Bertz CT molecular complexity index is 350. The van der Waals surface area contributed by atoms with Crippen LogP contribution < -0.4 is 11.1 Å². The molecule has 5 heteroatoms. The summed E-state index contributed by atoms with van der Waals surface area (Å²) in [6.45, 7) is 4.85. The zero-order chi connectivity index (χ0) is 11.4. The zero-order valence-electron chi connectivity index (χ0n) is 9.57. The van der Waals surface area contributed by atoms with Gasteiger partial charge in [0, 0.05) is 19.8 Å². The van der Waals surface area contributed by atoms with E-state index >= 15 is 0 Å². The molecule has 5 nitrogen and oxygen atoms in total. The maximum absolute atomic E-state index is 5.57. The molecule has 0 amide bonds. The minimum absolute atomic E-state index is 0.282. The Morgan fingerprint density at radius 3 is 2.88 bits per heavy atom. The molecule has 0 radical (unpaired) electrons. The lowest BCUT2D eigenvalue weighted by atomic mass is 9.82. The Morgan fingerprint density at radius 2 is 2.19 bits per heavy atom. The van der Waals surface area contributed by atoms with Gasteiger partial charge in [-0.15, -0.1) is 0 Å². The van der Waals surface area contributed by atoms with E-state index in [0.29, 0.717) is 5.82 Å². The highest BCUT2D eigenvalue weighted by Crippen LogP contribution is 2.29. The predicted molar refractivity (Wildman–Crippen MR) is 63.1 cm³/mol. The van der Waals surface area contributed by atoms with Gasteiger partial charge in [0.25, 0.3) is 0 Å². The molecule has 0 spiro atoms. The average molecular weight is 222 g/mol. The largest absolute Gasteiger partial charge is 0.382 e. The van der Waals surface area contributed by atoms with E-state index in [1.807, 2.05) is 0 Å². The van der Waals surface area contributed by atoms with Gasteiger partial charge >= 0.3 is 0 Å². The normalized spacial score (nSPS) is 19.3.